The van der Waals surface area contributed by atoms with E-state index in [4.69, 9.17) is 0 Å². The molecular weight excluding hydrogens is 258 g/mol. The highest BCUT2D eigenvalue weighted by atomic mass is 32.1. The number of aryl methyl sites for hydroxylation is 2. The molecule has 1 saturated carbocycles. The van der Waals surface area contributed by atoms with E-state index in [0.717, 1.165) is 36.3 Å². The summed E-state index contributed by atoms with van der Waals surface area (Å²) in [5.41, 5.74) is 0.180. The van der Waals surface area contributed by atoms with E-state index in [9.17, 15) is 10.1 Å². The Bertz CT molecular complexity index is 509. The molecule has 1 aromatic rings. The van der Waals surface area contributed by atoms with Gasteiger partial charge in [0.15, 0.2) is 5.13 Å². The van der Waals surface area contributed by atoms with E-state index in [0.29, 0.717) is 18.0 Å². The Balaban J connectivity index is 2.13. The summed E-state index contributed by atoms with van der Waals surface area (Å²) >= 11 is 1.49. The van der Waals surface area contributed by atoms with Gasteiger partial charge in [0.25, 0.3) is 0 Å². The van der Waals surface area contributed by atoms with Gasteiger partial charge in [-0.3, -0.25) is 4.79 Å². The number of hydrogen-bond donors (Lipinski definition) is 1. The third kappa shape index (κ3) is 2.79. The van der Waals surface area contributed by atoms with Crippen LogP contribution in [0.15, 0.2) is 0 Å². The van der Waals surface area contributed by atoms with Crippen molar-refractivity contribution < 1.29 is 4.79 Å². The molecule has 1 aliphatic carbocycles. The van der Waals surface area contributed by atoms with Crippen LogP contribution in [-0.4, -0.2) is 10.9 Å². The molecular formula is C14H19N3OS. The van der Waals surface area contributed by atoms with Gasteiger partial charge in [0.05, 0.1) is 11.8 Å². The Morgan fingerprint density at radius 3 is 2.68 bits per heavy atom. The van der Waals surface area contributed by atoms with Gasteiger partial charge in [-0.2, -0.15) is 5.26 Å². The quantitative estimate of drug-likeness (QED) is 0.920. The predicted octanol–water partition coefficient (Wildman–Crippen LogP) is 3.43. The molecule has 0 aliphatic heterocycles. The number of nitrogens with zero attached hydrogens (tertiary/aromatic N) is 2. The first-order chi connectivity index (χ1) is 9.11. The first-order valence-corrected chi connectivity index (χ1v) is 7.62. The SMILES string of the molecule is CCc1nc(NC(=O)C2(C#N)CCCCC2)sc1C. The molecule has 0 atom stereocenters. The minimum Gasteiger partial charge on any atom is -0.301 e. The molecule has 1 aliphatic rings. The number of hydrogen-bond acceptors (Lipinski definition) is 4. The minimum absolute atomic E-state index is 0.175. The Morgan fingerprint density at radius 2 is 2.16 bits per heavy atom. The monoisotopic (exact) mass is 277 g/mol. The van der Waals surface area contributed by atoms with Gasteiger partial charge in [-0.15, -0.1) is 11.3 Å². The maximum absolute atomic E-state index is 12.4. The summed E-state index contributed by atoms with van der Waals surface area (Å²) in [5, 5.41) is 12.8. The highest BCUT2D eigenvalue weighted by molar-refractivity contribution is 7.15. The zero-order valence-electron chi connectivity index (χ0n) is 11.5. The van der Waals surface area contributed by atoms with Gasteiger partial charge >= 0.3 is 0 Å². The van der Waals surface area contributed by atoms with Crippen LogP contribution in [0.3, 0.4) is 0 Å². The van der Waals surface area contributed by atoms with Gasteiger partial charge in [0.2, 0.25) is 5.91 Å². The van der Waals surface area contributed by atoms with E-state index in [2.05, 4.69) is 16.4 Å². The summed E-state index contributed by atoms with van der Waals surface area (Å²) < 4.78 is 0. The molecule has 5 heteroatoms. The normalized spacial score (nSPS) is 17.7. The second kappa shape index (κ2) is 5.70. The Hall–Kier alpha value is -1.41. The number of amides is 1. The second-order valence-electron chi connectivity index (χ2n) is 5.08. The number of nitrogens with one attached hydrogen (secondary N) is 1. The summed E-state index contributed by atoms with van der Waals surface area (Å²) in [6.45, 7) is 4.05. The van der Waals surface area contributed by atoms with Gasteiger partial charge in [-0.1, -0.05) is 26.2 Å². The van der Waals surface area contributed by atoms with Crippen molar-refractivity contribution in [3.8, 4) is 6.07 Å². The van der Waals surface area contributed by atoms with E-state index in [1.54, 1.807) is 0 Å². The fourth-order valence-electron chi connectivity index (χ4n) is 2.57. The lowest BCUT2D eigenvalue weighted by molar-refractivity contribution is -0.124. The first-order valence-electron chi connectivity index (χ1n) is 6.80. The molecule has 0 bridgehead atoms. The molecule has 2 rings (SSSR count). The summed E-state index contributed by atoms with van der Waals surface area (Å²) in [6, 6.07) is 2.24. The summed E-state index contributed by atoms with van der Waals surface area (Å²) in [5.74, 6) is -0.175. The van der Waals surface area contributed by atoms with E-state index in [1.807, 2.05) is 13.8 Å². The number of carbonyl (C=O) groups is 1. The average Bonchev–Trinajstić information content (AvgIpc) is 2.79. The lowest BCUT2D eigenvalue weighted by Crippen LogP contribution is -2.36. The lowest BCUT2D eigenvalue weighted by Gasteiger charge is -2.28. The van der Waals surface area contributed by atoms with Crippen molar-refractivity contribution in [2.24, 2.45) is 5.41 Å². The zero-order valence-corrected chi connectivity index (χ0v) is 12.3. The molecule has 0 radical (unpaired) electrons. The van der Waals surface area contributed by atoms with Crippen LogP contribution in [0.4, 0.5) is 5.13 Å². The zero-order chi connectivity index (χ0) is 13.9. The molecule has 0 spiro atoms. The van der Waals surface area contributed by atoms with Crippen LogP contribution >= 0.6 is 11.3 Å². The highest BCUT2D eigenvalue weighted by Crippen LogP contribution is 2.37. The number of rotatable bonds is 3. The fraction of sp³-hybridized carbons (Fsp3) is 0.643. The Morgan fingerprint density at radius 1 is 1.47 bits per heavy atom. The molecule has 1 fully saturated rings. The molecule has 0 saturated heterocycles. The molecule has 1 N–H and O–H groups in total. The predicted molar refractivity (Wildman–Crippen MR) is 76.0 cm³/mol. The number of thiazole rings is 1. The third-order valence-corrected chi connectivity index (χ3v) is 4.73. The van der Waals surface area contributed by atoms with Crippen molar-refractivity contribution in [2.75, 3.05) is 5.32 Å². The van der Waals surface area contributed by atoms with Crippen molar-refractivity contribution in [2.45, 2.75) is 52.4 Å². The second-order valence-corrected chi connectivity index (χ2v) is 6.29. The van der Waals surface area contributed by atoms with E-state index >= 15 is 0 Å². The van der Waals surface area contributed by atoms with E-state index in [1.165, 1.54) is 11.3 Å². The van der Waals surface area contributed by atoms with Crippen molar-refractivity contribution in [3.63, 3.8) is 0 Å². The molecule has 1 amide bonds. The molecule has 1 heterocycles. The maximum atomic E-state index is 12.4. The van der Waals surface area contributed by atoms with Gasteiger partial charge in [0, 0.05) is 4.88 Å². The number of aromatic nitrogens is 1. The van der Waals surface area contributed by atoms with Crippen LogP contribution in [0.1, 0.15) is 49.6 Å². The molecule has 0 unspecified atom stereocenters. The van der Waals surface area contributed by atoms with Crippen LogP contribution in [0, 0.1) is 23.7 Å². The molecule has 4 nitrogen and oxygen atoms in total. The van der Waals surface area contributed by atoms with Crippen molar-refractivity contribution in [1.29, 1.82) is 5.26 Å². The first kappa shape index (κ1) is 14.0. The topological polar surface area (TPSA) is 65.8 Å². The van der Waals surface area contributed by atoms with E-state index < -0.39 is 5.41 Å². The lowest BCUT2D eigenvalue weighted by atomic mass is 9.74. The molecule has 0 aromatic carbocycles. The standard InChI is InChI=1S/C14H19N3OS/c1-3-11-10(2)19-13(16-11)17-12(18)14(9-15)7-5-4-6-8-14/h3-8H2,1-2H3,(H,16,17,18). The smallest absolute Gasteiger partial charge is 0.246 e. The van der Waals surface area contributed by atoms with Crippen LogP contribution in [0.2, 0.25) is 0 Å². The van der Waals surface area contributed by atoms with Crippen LogP contribution in [-0.2, 0) is 11.2 Å². The van der Waals surface area contributed by atoms with Gasteiger partial charge in [-0.25, -0.2) is 4.98 Å². The fourth-order valence-corrected chi connectivity index (χ4v) is 3.47. The Labute approximate surface area is 117 Å². The van der Waals surface area contributed by atoms with Crippen molar-refractivity contribution in [3.05, 3.63) is 10.6 Å². The summed E-state index contributed by atoms with van der Waals surface area (Å²) in [6.07, 6.45) is 5.23. The molecule has 19 heavy (non-hydrogen) atoms. The summed E-state index contributed by atoms with van der Waals surface area (Å²) in [7, 11) is 0. The van der Waals surface area contributed by atoms with Gasteiger partial charge in [-0.05, 0) is 26.2 Å². The van der Waals surface area contributed by atoms with E-state index in [-0.39, 0.29) is 5.91 Å². The maximum Gasteiger partial charge on any atom is 0.246 e. The van der Waals surface area contributed by atoms with Gasteiger partial charge < -0.3 is 5.32 Å². The van der Waals surface area contributed by atoms with Gasteiger partial charge in [0.1, 0.15) is 5.41 Å². The third-order valence-electron chi connectivity index (χ3n) is 3.80. The number of nitriles is 1. The highest BCUT2D eigenvalue weighted by Gasteiger charge is 2.40. The van der Waals surface area contributed by atoms with Crippen LogP contribution < -0.4 is 5.32 Å². The van der Waals surface area contributed by atoms with Crippen molar-refractivity contribution in [1.82, 2.24) is 4.98 Å². The Kier molecular flexibility index (Phi) is 4.20. The minimum atomic E-state index is -0.843. The molecule has 102 valence electrons. The van der Waals surface area contributed by atoms with Crippen LogP contribution in [0.25, 0.3) is 0 Å². The van der Waals surface area contributed by atoms with Crippen LogP contribution in [0.5, 0.6) is 0 Å². The average molecular weight is 277 g/mol. The summed E-state index contributed by atoms with van der Waals surface area (Å²) in [4.78, 5) is 17.9. The largest absolute Gasteiger partial charge is 0.301 e. The van der Waals surface area contributed by atoms with Crippen molar-refractivity contribution >= 4 is 22.4 Å². The number of anilines is 1. The molecule has 1 aromatic heterocycles. The number of carbonyl (C=O) groups excluding carboxylic acids is 1.